The summed E-state index contributed by atoms with van der Waals surface area (Å²) in [6.07, 6.45) is 0.248. The monoisotopic (exact) mass is 244 g/mol. The van der Waals surface area contributed by atoms with Gasteiger partial charge in [-0.2, -0.15) is 0 Å². The lowest BCUT2D eigenvalue weighted by Gasteiger charge is -2.08. The first-order chi connectivity index (χ1) is 8.00. The van der Waals surface area contributed by atoms with Crippen molar-refractivity contribution in [2.75, 3.05) is 6.54 Å². The highest BCUT2D eigenvalue weighted by atomic mass is 19.1. The number of benzene rings is 1. The van der Waals surface area contributed by atoms with E-state index >= 15 is 0 Å². The largest absolute Gasteiger partial charge is 0.480 e. The molecule has 4 nitrogen and oxygen atoms in total. The van der Waals surface area contributed by atoms with Gasteiger partial charge in [-0.05, 0) is 19.0 Å². The molecular weight excluding hydrogens is 230 g/mol. The molecule has 1 aromatic rings. The summed E-state index contributed by atoms with van der Waals surface area (Å²) in [6, 6.07) is 2.39. The molecule has 1 rings (SSSR count). The van der Waals surface area contributed by atoms with Crippen molar-refractivity contribution in [3.05, 3.63) is 35.4 Å². The van der Waals surface area contributed by atoms with E-state index in [9.17, 15) is 13.6 Å². The number of nitrogens with one attached hydrogen (secondary N) is 1. The minimum atomic E-state index is -1.07. The Morgan fingerprint density at radius 1 is 1.47 bits per heavy atom. The van der Waals surface area contributed by atoms with Crippen molar-refractivity contribution < 1.29 is 18.7 Å². The highest BCUT2D eigenvalue weighted by Crippen LogP contribution is 2.08. The van der Waals surface area contributed by atoms with E-state index in [1.165, 1.54) is 12.1 Å². The van der Waals surface area contributed by atoms with Gasteiger partial charge in [0.2, 0.25) is 0 Å². The van der Waals surface area contributed by atoms with Crippen LogP contribution in [-0.2, 0) is 11.3 Å². The Labute approximate surface area is 97.4 Å². The van der Waals surface area contributed by atoms with E-state index in [1.54, 1.807) is 0 Å². The Bertz CT molecular complexity index is 399. The molecule has 6 heteroatoms. The van der Waals surface area contributed by atoms with Gasteiger partial charge in [0.25, 0.3) is 0 Å². The minimum absolute atomic E-state index is 0.207. The first-order valence-corrected chi connectivity index (χ1v) is 5.13. The number of carbonyl (C=O) groups is 1. The molecule has 1 unspecified atom stereocenters. The highest BCUT2D eigenvalue weighted by molar-refractivity contribution is 5.72. The summed E-state index contributed by atoms with van der Waals surface area (Å²) in [4.78, 5) is 10.4. The number of carboxylic acid groups (broad SMARTS) is 1. The quantitative estimate of drug-likeness (QED) is 0.649. The smallest absolute Gasteiger partial charge is 0.320 e. The second-order valence-corrected chi connectivity index (χ2v) is 3.65. The summed E-state index contributed by atoms with van der Waals surface area (Å²) in [5.74, 6) is -2.32. The lowest BCUT2D eigenvalue weighted by atomic mass is 10.2. The molecule has 0 heterocycles. The summed E-state index contributed by atoms with van der Waals surface area (Å²) in [7, 11) is 0. The van der Waals surface area contributed by atoms with Crippen molar-refractivity contribution in [1.29, 1.82) is 0 Å². The lowest BCUT2D eigenvalue weighted by Crippen LogP contribution is -2.33. The summed E-state index contributed by atoms with van der Waals surface area (Å²) in [6.45, 7) is 0.558. The standard InChI is InChI=1S/C11H14F2N2O2/c12-8-2-1-7(9(13)5-8)6-15-4-3-10(14)11(16)17/h1-2,5,10,15H,3-4,6,14H2,(H,16,17). The van der Waals surface area contributed by atoms with Gasteiger partial charge in [0.05, 0.1) is 0 Å². The number of aliphatic carboxylic acids is 1. The molecule has 0 radical (unpaired) electrons. The van der Waals surface area contributed by atoms with Crippen molar-refractivity contribution in [3.63, 3.8) is 0 Å². The fourth-order valence-corrected chi connectivity index (χ4v) is 1.27. The zero-order valence-corrected chi connectivity index (χ0v) is 9.12. The molecule has 4 N–H and O–H groups in total. The molecule has 0 saturated carbocycles. The third kappa shape index (κ3) is 4.46. The Morgan fingerprint density at radius 3 is 2.76 bits per heavy atom. The minimum Gasteiger partial charge on any atom is -0.480 e. The molecule has 0 aliphatic carbocycles. The van der Waals surface area contributed by atoms with Crippen LogP contribution in [0.3, 0.4) is 0 Å². The van der Waals surface area contributed by atoms with E-state index in [0.29, 0.717) is 12.1 Å². The first kappa shape index (κ1) is 13.5. The van der Waals surface area contributed by atoms with Crippen molar-refractivity contribution in [3.8, 4) is 0 Å². The molecule has 0 saturated heterocycles. The van der Waals surface area contributed by atoms with Gasteiger partial charge in [-0.15, -0.1) is 0 Å². The lowest BCUT2D eigenvalue weighted by molar-refractivity contribution is -0.138. The third-order valence-electron chi connectivity index (χ3n) is 2.28. The number of rotatable bonds is 6. The Kier molecular flexibility index (Phi) is 4.99. The van der Waals surface area contributed by atoms with Gasteiger partial charge in [-0.1, -0.05) is 6.07 Å². The molecule has 1 aromatic carbocycles. The van der Waals surface area contributed by atoms with Crippen molar-refractivity contribution >= 4 is 5.97 Å². The normalized spacial score (nSPS) is 12.4. The molecule has 94 valence electrons. The molecule has 0 spiro atoms. The number of carboxylic acids is 1. The number of hydrogen-bond acceptors (Lipinski definition) is 3. The maximum Gasteiger partial charge on any atom is 0.320 e. The van der Waals surface area contributed by atoms with Crippen LogP contribution in [0, 0.1) is 11.6 Å². The van der Waals surface area contributed by atoms with Gasteiger partial charge in [0.15, 0.2) is 0 Å². The molecule has 0 aliphatic heterocycles. The maximum atomic E-state index is 13.2. The zero-order chi connectivity index (χ0) is 12.8. The fraction of sp³-hybridized carbons (Fsp3) is 0.364. The maximum absolute atomic E-state index is 13.2. The molecule has 0 bridgehead atoms. The number of hydrogen-bond donors (Lipinski definition) is 3. The summed E-state index contributed by atoms with van der Waals surface area (Å²) in [5, 5.41) is 11.4. The van der Waals surface area contributed by atoms with Crippen LogP contribution in [0.5, 0.6) is 0 Å². The topological polar surface area (TPSA) is 75.3 Å². The molecule has 0 aliphatic rings. The average molecular weight is 244 g/mol. The molecule has 17 heavy (non-hydrogen) atoms. The van der Waals surface area contributed by atoms with Crippen LogP contribution >= 0.6 is 0 Å². The molecule has 0 amide bonds. The van der Waals surface area contributed by atoms with Crippen LogP contribution in [0.2, 0.25) is 0 Å². The summed E-state index contributed by atoms with van der Waals surface area (Å²) in [5.41, 5.74) is 5.61. The van der Waals surface area contributed by atoms with Crippen molar-refractivity contribution in [2.24, 2.45) is 5.73 Å². The van der Waals surface area contributed by atoms with Gasteiger partial charge in [-0.25, -0.2) is 8.78 Å². The van der Waals surface area contributed by atoms with Crippen LogP contribution in [0.1, 0.15) is 12.0 Å². The van der Waals surface area contributed by atoms with Crippen LogP contribution < -0.4 is 11.1 Å². The Balaban J connectivity index is 2.34. The van der Waals surface area contributed by atoms with Crippen molar-refractivity contribution in [1.82, 2.24) is 5.32 Å². The van der Waals surface area contributed by atoms with E-state index < -0.39 is 23.6 Å². The second-order valence-electron chi connectivity index (χ2n) is 3.65. The predicted molar refractivity (Wildman–Crippen MR) is 58.3 cm³/mol. The van der Waals surface area contributed by atoms with E-state index in [-0.39, 0.29) is 13.0 Å². The summed E-state index contributed by atoms with van der Waals surface area (Å²) < 4.78 is 25.8. The van der Waals surface area contributed by atoms with Gasteiger partial charge in [0, 0.05) is 18.2 Å². The van der Waals surface area contributed by atoms with Crippen LogP contribution in [-0.4, -0.2) is 23.7 Å². The average Bonchev–Trinajstić information content (AvgIpc) is 2.26. The Hall–Kier alpha value is -1.53. The molecule has 0 aromatic heterocycles. The van der Waals surface area contributed by atoms with E-state index in [1.807, 2.05) is 0 Å². The number of nitrogens with two attached hydrogens (primary N) is 1. The SMILES string of the molecule is NC(CCNCc1ccc(F)cc1F)C(=O)O. The van der Waals surface area contributed by atoms with E-state index in [2.05, 4.69) is 5.32 Å². The Morgan fingerprint density at radius 2 is 2.18 bits per heavy atom. The van der Waals surface area contributed by atoms with Crippen molar-refractivity contribution in [2.45, 2.75) is 19.0 Å². The molecular formula is C11H14F2N2O2. The molecule has 0 fully saturated rings. The van der Waals surface area contributed by atoms with E-state index in [0.717, 1.165) is 6.07 Å². The highest BCUT2D eigenvalue weighted by Gasteiger charge is 2.10. The van der Waals surface area contributed by atoms with Crippen LogP contribution in [0.25, 0.3) is 0 Å². The van der Waals surface area contributed by atoms with Gasteiger partial charge in [0.1, 0.15) is 17.7 Å². The van der Waals surface area contributed by atoms with Gasteiger partial charge >= 0.3 is 5.97 Å². The first-order valence-electron chi connectivity index (χ1n) is 5.13. The summed E-state index contributed by atoms with van der Waals surface area (Å²) >= 11 is 0. The van der Waals surface area contributed by atoms with Gasteiger partial charge < -0.3 is 16.2 Å². The fourth-order valence-electron chi connectivity index (χ4n) is 1.27. The van der Waals surface area contributed by atoms with Crippen LogP contribution in [0.15, 0.2) is 18.2 Å². The van der Waals surface area contributed by atoms with Gasteiger partial charge in [-0.3, -0.25) is 4.79 Å². The number of halogens is 2. The zero-order valence-electron chi connectivity index (χ0n) is 9.12. The van der Waals surface area contributed by atoms with Crippen LogP contribution in [0.4, 0.5) is 8.78 Å². The predicted octanol–water partition coefficient (Wildman–Crippen LogP) is 0.856. The second kappa shape index (κ2) is 6.27. The molecule has 1 atom stereocenters. The third-order valence-corrected chi connectivity index (χ3v) is 2.28. The van der Waals surface area contributed by atoms with E-state index in [4.69, 9.17) is 10.8 Å².